The van der Waals surface area contributed by atoms with Gasteiger partial charge < -0.3 is 15.4 Å². The summed E-state index contributed by atoms with van der Waals surface area (Å²) >= 11 is 0. The molecule has 2 aromatic rings. The maximum absolute atomic E-state index is 12.2. The van der Waals surface area contributed by atoms with Gasteiger partial charge in [-0.1, -0.05) is 12.1 Å². The van der Waals surface area contributed by atoms with Gasteiger partial charge in [-0.2, -0.15) is 13.2 Å². The van der Waals surface area contributed by atoms with E-state index in [1.165, 1.54) is 23.9 Å². The number of anilines is 1. The molecule has 0 aliphatic carbocycles. The zero-order chi connectivity index (χ0) is 19.3. The molecule has 3 rings (SSSR count). The minimum atomic E-state index is -4.43. The number of nitrogens with zero attached hydrogens (tertiary/aromatic N) is 1. The molecule has 1 aromatic carbocycles. The number of halogens is 4. The number of piperidine rings is 1. The van der Waals surface area contributed by atoms with Crippen molar-refractivity contribution in [2.24, 2.45) is 0 Å². The lowest BCUT2D eigenvalue weighted by Gasteiger charge is -2.23. The first kappa shape index (κ1) is 22.0. The van der Waals surface area contributed by atoms with Crippen LogP contribution in [0.15, 0.2) is 42.6 Å². The second-order valence-electron chi connectivity index (χ2n) is 6.41. The summed E-state index contributed by atoms with van der Waals surface area (Å²) in [5.41, 5.74) is 2.10. The van der Waals surface area contributed by atoms with Gasteiger partial charge in [0, 0.05) is 24.5 Å². The predicted molar refractivity (Wildman–Crippen MR) is 102 cm³/mol. The number of aromatic nitrogens is 1. The van der Waals surface area contributed by atoms with Crippen molar-refractivity contribution in [2.45, 2.75) is 24.9 Å². The van der Waals surface area contributed by atoms with Crippen molar-refractivity contribution in [3.05, 3.63) is 53.7 Å². The molecule has 28 heavy (non-hydrogen) atoms. The summed E-state index contributed by atoms with van der Waals surface area (Å²) in [5, 5.41) is 6.12. The van der Waals surface area contributed by atoms with Crippen molar-refractivity contribution in [1.29, 1.82) is 0 Å². The van der Waals surface area contributed by atoms with Crippen molar-refractivity contribution in [3.63, 3.8) is 0 Å². The van der Waals surface area contributed by atoms with E-state index in [1.807, 2.05) is 24.3 Å². The SMILES string of the molecule is Cl.O=C(Nc1ccc([C@@H]2CCCNC2)cc1)c1ccc(OCC(F)(F)F)nc1. The number of nitrogens with one attached hydrogen (secondary N) is 2. The Morgan fingerprint density at radius 2 is 1.96 bits per heavy atom. The highest BCUT2D eigenvalue weighted by atomic mass is 35.5. The van der Waals surface area contributed by atoms with Crippen LogP contribution in [0.3, 0.4) is 0 Å². The first-order valence-corrected chi connectivity index (χ1v) is 8.68. The number of rotatable bonds is 5. The number of hydrogen-bond donors (Lipinski definition) is 2. The minimum Gasteiger partial charge on any atom is -0.468 e. The van der Waals surface area contributed by atoms with E-state index in [4.69, 9.17) is 0 Å². The maximum atomic E-state index is 12.2. The molecule has 5 nitrogen and oxygen atoms in total. The highest BCUT2D eigenvalue weighted by molar-refractivity contribution is 6.04. The molecule has 9 heteroatoms. The van der Waals surface area contributed by atoms with Crippen LogP contribution in [0.2, 0.25) is 0 Å². The summed E-state index contributed by atoms with van der Waals surface area (Å²) in [6.07, 6.45) is -0.952. The van der Waals surface area contributed by atoms with Crippen molar-refractivity contribution >= 4 is 24.0 Å². The Morgan fingerprint density at radius 3 is 2.54 bits per heavy atom. The zero-order valence-corrected chi connectivity index (χ0v) is 15.8. The highest BCUT2D eigenvalue weighted by Gasteiger charge is 2.28. The van der Waals surface area contributed by atoms with E-state index in [-0.39, 0.29) is 23.9 Å². The molecule has 0 radical (unpaired) electrons. The summed E-state index contributed by atoms with van der Waals surface area (Å²) in [5.74, 6) is -0.0942. The number of hydrogen-bond acceptors (Lipinski definition) is 4. The van der Waals surface area contributed by atoms with E-state index < -0.39 is 18.7 Å². The lowest BCUT2D eigenvalue weighted by molar-refractivity contribution is -0.154. The van der Waals surface area contributed by atoms with Gasteiger partial charge in [-0.15, -0.1) is 12.4 Å². The van der Waals surface area contributed by atoms with Crippen molar-refractivity contribution in [1.82, 2.24) is 10.3 Å². The van der Waals surface area contributed by atoms with Crippen molar-refractivity contribution in [2.75, 3.05) is 25.0 Å². The number of pyridine rings is 1. The molecule has 152 valence electrons. The van der Waals surface area contributed by atoms with Crippen LogP contribution in [0.25, 0.3) is 0 Å². The van der Waals surface area contributed by atoms with Gasteiger partial charge in [0.1, 0.15) is 0 Å². The fraction of sp³-hybridized carbons (Fsp3) is 0.368. The van der Waals surface area contributed by atoms with E-state index in [2.05, 4.69) is 20.4 Å². The third kappa shape index (κ3) is 6.38. The van der Waals surface area contributed by atoms with E-state index >= 15 is 0 Å². The first-order chi connectivity index (χ1) is 12.9. The molecule has 1 aromatic heterocycles. The van der Waals surface area contributed by atoms with Crippen molar-refractivity contribution < 1.29 is 22.7 Å². The second kappa shape index (κ2) is 9.75. The minimum absolute atomic E-state index is 0. The van der Waals surface area contributed by atoms with Gasteiger partial charge in [0.05, 0.1) is 5.56 Å². The number of amides is 1. The number of benzene rings is 1. The second-order valence-corrected chi connectivity index (χ2v) is 6.41. The molecule has 1 amide bonds. The normalized spacial score (nSPS) is 16.8. The standard InChI is InChI=1S/C19H20F3N3O2.ClH/c20-19(21,22)12-27-17-8-5-15(11-24-17)18(26)25-16-6-3-13(4-7-16)14-2-1-9-23-10-14;/h3-8,11,14,23H,1-2,9-10,12H2,(H,25,26);1H/t14-;/m1./s1. The maximum Gasteiger partial charge on any atom is 0.422 e. The van der Waals surface area contributed by atoms with Gasteiger partial charge in [-0.05, 0) is 49.1 Å². The van der Waals surface area contributed by atoms with Gasteiger partial charge in [0.2, 0.25) is 5.88 Å². The third-order valence-corrected chi connectivity index (χ3v) is 4.32. The Labute approximate surface area is 167 Å². The predicted octanol–water partition coefficient (Wildman–Crippen LogP) is 4.16. The summed E-state index contributed by atoms with van der Waals surface area (Å²) in [6.45, 7) is 0.591. The van der Waals surface area contributed by atoms with Gasteiger partial charge in [-0.25, -0.2) is 4.98 Å². The Kier molecular flexibility index (Phi) is 7.65. The summed E-state index contributed by atoms with van der Waals surface area (Å²) in [6, 6.07) is 10.3. The van der Waals surface area contributed by atoms with Crippen LogP contribution in [0.1, 0.15) is 34.7 Å². The topological polar surface area (TPSA) is 63.2 Å². The lowest BCUT2D eigenvalue weighted by Crippen LogP contribution is -2.28. The molecule has 2 N–H and O–H groups in total. The van der Waals surface area contributed by atoms with Crippen LogP contribution >= 0.6 is 12.4 Å². The molecular weight excluding hydrogens is 395 g/mol. The lowest BCUT2D eigenvalue weighted by atomic mass is 9.92. The van der Waals surface area contributed by atoms with Crippen LogP contribution in [0, 0.1) is 0 Å². The number of carbonyl (C=O) groups excluding carboxylic acids is 1. The molecule has 1 atom stereocenters. The van der Waals surface area contributed by atoms with Crippen LogP contribution in [0.4, 0.5) is 18.9 Å². The summed E-state index contributed by atoms with van der Waals surface area (Å²) < 4.78 is 40.9. The first-order valence-electron chi connectivity index (χ1n) is 8.68. The monoisotopic (exact) mass is 415 g/mol. The Hall–Kier alpha value is -2.32. The van der Waals surface area contributed by atoms with E-state index in [0.717, 1.165) is 25.9 Å². The van der Waals surface area contributed by atoms with Gasteiger partial charge in [-0.3, -0.25) is 4.79 Å². The molecule has 1 fully saturated rings. The quantitative estimate of drug-likeness (QED) is 0.769. The van der Waals surface area contributed by atoms with Crippen LogP contribution in [0.5, 0.6) is 5.88 Å². The van der Waals surface area contributed by atoms with Crippen molar-refractivity contribution in [3.8, 4) is 5.88 Å². The van der Waals surface area contributed by atoms with Crippen LogP contribution in [-0.2, 0) is 0 Å². The highest BCUT2D eigenvalue weighted by Crippen LogP contribution is 2.24. The fourth-order valence-corrected chi connectivity index (χ4v) is 2.93. The number of alkyl halides is 3. The van der Waals surface area contributed by atoms with Gasteiger partial charge in [0.25, 0.3) is 5.91 Å². The molecule has 0 bridgehead atoms. The molecule has 1 saturated heterocycles. The van der Waals surface area contributed by atoms with Crippen LogP contribution in [-0.4, -0.2) is 36.8 Å². The van der Waals surface area contributed by atoms with E-state index in [0.29, 0.717) is 11.6 Å². The Balaban J connectivity index is 0.00000280. The molecular formula is C19H21ClF3N3O2. The Bertz CT molecular complexity index is 761. The number of ether oxygens (including phenoxy) is 1. The average molecular weight is 416 g/mol. The van der Waals surface area contributed by atoms with E-state index in [9.17, 15) is 18.0 Å². The molecule has 0 saturated carbocycles. The third-order valence-electron chi connectivity index (χ3n) is 4.32. The molecule has 1 aliphatic rings. The molecule has 1 aliphatic heterocycles. The average Bonchev–Trinajstić information content (AvgIpc) is 2.67. The summed E-state index contributed by atoms with van der Waals surface area (Å²) in [7, 11) is 0. The van der Waals surface area contributed by atoms with E-state index in [1.54, 1.807) is 0 Å². The smallest absolute Gasteiger partial charge is 0.422 e. The van der Waals surface area contributed by atoms with Gasteiger partial charge >= 0.3 is 6.18 Å². The Morgan fingerprint density at radius 1 is 1.21 bits per heavy atom. The molecule has 0 unspecified atom stereocenters. The fourth-order valence-electron chi connectivity index (χ4n) is 2.93. The molecule has 2 heterocycles. The van der Waals surface area contributed by atoms with Crippen LogP contribution < -0.4 is 15.4 Å². The zero-order valence-electron chi connectivity index (χ0n) is 15.0. The molecule has 0 spiro atoms. The van der Waals surface area contributed by atoms with Gasteiger partial charge in [0.15, 0.2) is 6.61 Å². The largest absolute Gasteiger partial charge is 0.468 e. The summed E-state index contributed by atoms with van der Waals surface area (Å²) in [4.78, 5) is 16.0. The number of carbonyl (C=O) groups is 1.